The van der Waals surface area contributed by atoms with Crippen LogP contribution in [0.5, 0.6) is 11.5 Å². The van der Waals surface area contributed by atoms with Crippen LogP contribution in [0.25, 0.3) is 0 Å². The maximum absolute atomic E-state index is 5.73. The third-order valence-electron chi connectivity index (χ3n) is 2.35. The van der Waals surface area contributed by atoms with Crippen LogP contribution in [-0.4, -0.2) is 19.8 Å². The van der Waals surface area contributed by atoms with Crippen molar-refractivity contribution in [3.63, 3.8) is 0 Å². The highest BCUT2D eigenvalue weighted by atomic mass is 79.9. The molecule has 4 heteroatoms. The first-order valence-electron chi connectivity index (χ1n) is 5.81. The number of nitrogens with two attached hydrogens (primary N) is 1. The van der Waals surface area contributed by atoms with Crippen molar-refractivity contribution in [1.82, 2.24) is 0 Å². The minimum absolute atomic E-state index is 0.132. The smallest absolute Gasteiger partial charge is 0.161 e. The monoisotopic (exact) mass is 301 g/mol. The van der Waals surface area contributed by atoms with Crippen molar-refractivity contribution >= 4 is 15.9 Å². The molecule has 17 heavy (non-hydrogen) atoms. The van der Waals surface area contributed by atoms with Crippen LogP contribution in [0.3, 0.4) is 0 Å². The molecule has 0 amide bonds. The first-order chi connectivity index (χ1) is 8.08. The number of ether oxygens (including phenoxy) is 2. The Hall–Kier alpha value is -0.740. The average Bonchev–Trinajstić information content (AvgIpc) is 2.28. The highest BCUT2D eigenvalue weighted by Gasteiger charge is 2.11. The van der Waals surface area contributed by atoms with Crippen molar-refractivity contribution in [3.8, 4) is 11.5 Å². The van der Waals surface area contributed by atoms with Crippen molar-refractivity contribution < 1.29 is 9.47 Å². The molecule has 2 N–H and O–H groups in total. The summed E-state index contributed by atoms with van der Waals surface area (Å²) in [5.41, 5.74) is 6.73. The number of rotatable bonds is 6. The SMILES string of the molecule is COc1cc(Br)c(CCCN)cc1OC(C)C. The lowest BCUT2D eigenvalue weighted by Gasteiger charge is -2.16. The quantitative estimate of drug-likeness (QED) is 0.878. The second-order valence-electron chi connectivity index (χ2n) is 4.15. The summed E-state index contributed by atoms with van der Waals surface area (Å²) in [4.78, 5) is 0. The van der Waals surface area contributed by atoms with E-state index in [2.05, 4.69) is 15.9 Å². The molecule has 1 aromatic carbocycles. The van der Waals surface area contributed by atoms with Gasteiger partial charge in [-0.25, -0.2) is 0 Å². The van der Waals surface area contributed by atoms with Gasteiger partial charge in [-0.1, -0.05) is 15.9 Å². The minimum Gasteiger partial charge on any atom is -0.493 e. The lowest BCUT2D eigenvalue weighted by Crippen LogP contribution is -2.08. The number of hydrogen-bond acceptors (Lipinski definition) is 3. The largest absolute Gasteiger partial charge is 0.493 e. The first-order valence-corrected chi connectivity index (χ1v) is 6.61. The van der Waals surface area contributed by atoms with E-state index in [1.165, 1.54) is 5.56 Å². The van der Waals surface area contributed by atoms with Gasteiger partial charge in [-0.2, -0.15) is 0 Å². The molecular formula is C13H20BrNO2. The molecule has 0 aliphatic carbocycles. The van der Waals surface area contributed by atoms with E-state index in [0.29, 0.717) is 6.54 Å². The number of benzene rings is 1. The summed E-state index contributed by atoms with van der Waals surface area (Å²) in [5, 5.41) is 0. The summed E-state index contributed by atoms with van der Waals surface area (Å²) in [6.45, 7) is 4.70. The van der Waals surface area contributed by atoms with Crippen LogP contribution in [0.15, 0.2) is 16.6 Å². The van der Waals surface area contributed by atoms with Crippen molar-refractivity contribution in [2.75, 3.05) is 13.7 Å². The Labute approximate surface area is 111 Å². The predicted octanol–water partition coefficient (Wildman–Crippen LogP) is 3.14. The van der Waals surface area contributed by atoms with Gasteiger partial charge in [-0.15, -0.1) is 0 Å². The third kappa shape index (κ3) is 4.21. The van der Waals surface area contributed by atoms with Gasteiger partial charge >= 0.3 is 0 Å². The molecule has 1 rings (SSSR count). The molecule has 0 spiro atoms. The molecule has 0 radical (unpaired) electrons. The minimum atomic E-state index is 0.132. The van der Waals surface area contributed by atoms with Crippen LogP contribution in [-0.2, 0) is 6.42 Å². The van der Waals surface area contributed by atoms with Crippen LogP contribution in [0.2, 0.25) is 0 Å². The number of aryl methyl sites for hydroxylation is 1. The molecule has 0 unspecified atom stereocenters. The lowest BCUT2D eigenvalue weighted by molar-refractivity contribution is 0.230. The summed E-state index contributed by atoms with van der Waals surface area (Å²) >= 11 is 3.54. The first kappa shape index (κ1) is 14.3. The van der Waals surface area contributed by atoms with E-state index < -0.39 is 0 Å². The van der Waals surface area contributed by atoms with Crippen LogP contribution in [0, 0.1) is 0 Å². The molecule has 0 aliphatic rings. The van der Waals surface area contributed by atoms with Gasteiger partial charge < -0.3 is 15.2 Å². The topological polar surface area (TPSA) is 44.5 Å². The molecule has 0 aliphatic heterocycles. The molecule has 3 nitrogen and oxygen atoms in total. The second-order valence-corrected chi connectivity index (χ2v) is 5.01. The fraction of sp³-hybridized carbons (Fsp3) is 0.538. The van der Waals surface area contributed by atoms with Crippen molar-refractivity contribution in [2.45, 2.75) is 32.8 Å². The average molecular weight is 302 g/mol. The van der Waals surface area contributed by atoms with E-state index in [0.717, 1.165) is 28.8 Å². The fourth-order valence-electron chi connectivity index (χ4n) is 1.57. The molecule has 0 bridgehead atoms. The molecule has 96 valence electrons. The Morgan fingerprint density at radius 1 is 1.29 bits per heavy atom. The van der Waals surface area contributed by atoms with Gasteiger partial charge in [0.1, 0.15) is 0 Å². The Bertz CT molecular complexity index is 367. The highest BCUT2D eigenvalue weighted by molar-refractivity contribution is 9.10. The van der Waals surface area contributed by atoms with Crippen LogP contribution >= 0.6 is 15.9 Å². The summed E-state index contributed by atoms with van der Waals surface area (Å²) in [5.74, 6) is 1.54. The van der Waals surface area contributed by atoms with Gasteiger partial charge in [0.2, 0.25) is 0 Å². The van der Waals surface area contributed by atoms with E-state index in [4.69, 9.17) is 15.2 Å². The van der Waals surface area contributed by atoms with Crippen LogP contribution in [0.4, 0.5) is 0 Å². The lowest BCUT2D eigenvalue weighted by atomic mass is 10.1. The Balaban J connectivity index is 2.99. The van der Waals surface area contributed by atoms with E-state index in [-0.39, 0.29) is 6.10 Å². The van der Waals surface area contributed by atoms with Crippen molar-refractivity contribution in [3.05, 3.63) is 22.2 Å². The molecular weight excluding hydrogens is 282 g/mol. The van der Waals surface area contributed by atoms with Gasteiger partial charge in [0.05, 0.1) is 13.2 Å². The second kappa shape index (κ2) is 6.87. The van der Waals surface area contributed by atoms with Gasteiger partial charge in [0, 0.05) is 4.47 Å². The summed E-state index contributed by atoms with van der Waals surface area (Å²) in [6, 6.07) is 3.97. The molecule has 0 fully saturated rings. The van der Waals surface area contributed by atoms with Crippen LogP contribution in [0.1, 0.15) is 25.8 Å². The molecule has 0 saturated heterocycles. The van der Waals surface area contributed by atoms with E-state index >= 15 is 0 Å². The van der Waals surface area contributed by atoms with Gasteiger partial charge in [0.15, 0.2) is 11.5 Å². The van der Waals surface area contributed by atoms with Gasteiger partial charge in [-0.3, -0.25) is 0 Å². The molecule has 0 atom stereocenters. The zero-order valence-electron chi connectivity index (χ0n) is 10.6. The van der Waals surface area contributed by atoms with E-state index in [1.807, 2.05) is 26.0 Å². The Morgan fingerprint density at radius 2 is 2.00 bits per heavy atom. The van der Waals surface area contributed by atoms with Gasteiger partial charge in [0.25, 0.3) is 0 Å². The molecule has 0 saturated carbocycles. The maximum atomic E-state index is 5.73. The highest BCUT2D eigenvalue weighted by Crippen LogP contribution is 2.34. The van der Waals surface area contributed by atoms with Gasteiger partial charge in [-0.05, 0) is 50.9 Å². The van der Waals surface area contributed by atoms with E-state index in [1.54, 1.807) is 7.11 Å². The zero-order chi connectivity index (χ0) is 12.8. The molecule has 1 aromatic rings. The summed E-state index contributed by atoms with van der Waals surface area (Å²) < 4.78 is 12.1. The van der Waals surface area contributed by atoms with Crippen LogP contribution < -0.4 is 15.2 Å². The standard InChI is InChI=1S/C13H20BrNO2/c1-9(2)17-13-7-10(5-4-6-15)11(14)8-12(13)16-3/h7-9H,4-6,15H2,1-3H3. The number of halogens is 1. The summed E-state index contributed by atoms with van der Waals surface area (Å²) in [7, 11) is 1.65. The summed E-state index contributed by atoms with van der Waals surface area (Å²) in [6.07, 6.45) is 2.04. The number of methoxy groups -OCH3 is 1. The third-order valence-corrected chi connectivity index (χ3v) is 3.08. The fourth-order valence-corrected chi connectivity index (χ4v) is 2.09. The van der Waals surface area contributed by atoms with Crippen molar-refractivity contribution in [2.24, 2.45) is 5.73 Å². The number of hydrogen-bond donors (Lipinski definition) is 1. The molecule has 0 heterocycles. The normalized spacial score (nSPS) is 10.7. The molecule has 0 aromatic heterocycles. The Kier molecular flexibility index (Phi) is 5.78. The van der Waals surface area contributed by atoms with E-state index in [9.17, 15) is 0 Å². The zero-order valence-corrected chi connectivity index (χ0v) is 12.2. The Morgan fingerprint density at radius 3 is 2.53 bits per heavy atom. The maximum Gasteiger partial charge on any atom is 0.161 e. The van der Waals surface area contributed by atoms with Crippen molar-refractivity contribution in [1.29, 1.82) is 0 Å². The predicted molar refractivity (Wildman–Crippen MR) is 73.8 cm³/mol.